The zero-order valence-corrected chi connectivity index (χ0v) is 18.5. The Morgan fingerprint density at radius 2 is 1.82 bits per heavy atom. The van der Waals surface area contributed by atoms with E-state index < -0.39 is 11.6 Å². The number of amides is 1. The molecule has 0 saturated heterocycles. The Balaban J connectivity index is 1.52. The van der Waals surface area contributed by atoms with Gasteiger partial charge in [0.1, 0.15) is 22.8 Å². The van der Waals surface area contributed by atoms with Gasteiger partial charge in [0, 0.05) is 18.0 Å². The third kappa shape index (κ3) is 4.39. The molecule has 180 valence electrons. The summed E-state index contributed by atoms with van der Waals surface area (Å²) in [4.78, 5) is 25.2. The largest absolute Gasteiger partial charge is 0.393 e. The summed E-state index contributed by atoms with van der Waals surface area (Å²) in [7, 11) is 0. The van der Waals surface area contributed by atoms with Crippen molar-refractivity contribution in [2.75, 3.05) is 10.6 Å². The van der Waals surface area contributed by atoms with E-state index in [1.165, 1.54) is 18.2 Å². The third-order valence-electron chi connectivity index (χ3n) is 6.83. The number of nitrogens with one attached hydrogen (secondary N) is 2. The number of imidazole rings is 1. The van der Waals surface area contributed by atoms with Crippen LogP contribution in [0.4, 0.5) is 26.4 Å². The molecule has 1 amide bonds. The van der Waals surface area contributed by atoms with Gasteiger partial charge in [-0.1, -0.05) is 6.07 Å². The van der Waals surface area contributed by atoms with Gasteiger partial charge >= 0.3 is 0 Å². The first kappa shape index (κ1) is 22.5. The van der Waals surface area contributed by atoms with E-state index in [-0.39, 0.29) is 41.6 Å². The highest BCUT2D eigenvalue weighted by atomic mass is 19.1. The van der Waals surface area contributed by atoms with Gasteiger partial charge < -0.3 is 21.5 Å². The second-order valence-electron chi connectivity index (χ2n) is 9.15. The van der Waals surface area contributed by atoms with E-state index in [0.717, 1.165) is 12.8 Å². The number of carbonyl (C=O) groups is 1. The maximum Gasteiger partial charge on any atom is 0.224 e. The molecule has 0 radical (unpaired) electrons. The van der Waals surface area contributed by atoms with Crippen LogP contribution in [0.5, 0.6) is 0 Å². The summed E-state index contributed by atoms with van der Waals surface area (Å²) in [5, 5.41) is 15.9. The highest BCUT2D eigenvalue weighted by molar-refractivity contribution is 5.78. The topological polar surface area (TPSA) is 131 Å². The molecule has 0 spiro atoms. The predicted octanol–water partition coefficient (Wildman–Crippen LogP) is 3.39. The number of hydrogen-bond acceptors (Lipinski definition) is 7. The number of para-hydroxylation sites is 1. The SMILES string of the molecule is NC(=O)C1CCC(n2c(Nc3c(F)cccc3F)nc3cnc(N[C@@H]4CC[C@@H](O)C4)nc32)CC1. The summed E-state index contributed by atoms with van der Waals surface area (Å²) < 4.78 is 30.6. The predicted molar refractivity (Wildman–Crippen MR) is 122 cm³/mol. The smallest absolute Gasteiger partial charge is 0.224 e. The fourth-order valence-corrected chi connectivity index (χ4v) is 5.01. The Labute approximate surface area is 194 Å². The van der Waals surface area contributed by atoms with Crippen LogP contribution in [0.15, 0.2) is 24.4 Å². The van der Waals surface area contributed by atoms with E-state index in [0.29, 0.717) is 49.2 Å². The number of anilines is 3. The van der Waals surface area contributed by atoms with Gasteiger partial charge in [-0.3, -0.25) is 9.36 Å². The van der Waals surface area contributed by atoms with Gasteiger partial charge in [0.05, 0.1) is 12.3 Å². The lowest BCUT2D eigenvalue weighted by Crippen LogP contribution is -2.29. The fraction of sp³-hybridized carbons (Fsp3) is 0.478. The lowest BCUT2D eigenvalue weighted by atomic mass is 9.85. The molecule has 1 aromatic carbocycles. The highest BCUT2D eigenvalue weighted by Gasteiger charge is 2.30. The molecule has 0 aliphatic heterocycles. The molecule has 2 saturated carbocycles. The van der Waals surface area contributed by atoms with Crippen molar-refractivity contribution in [2.24, 2.45) is 11.7 Å². The number of carbonyl (C=O) groups excluding carboxylic acids is 1. The van der Waals surface area contributed by atoms with Gasteiger partial charge in [-0.25, -0.2) is 18.7 Å². The van der Waals surface area contributed by atoms with Crippen molar-refractivity contribution in [3.8, 4) is 0 Å². The fourth-order valence-electron chi connectivity index (χ4n) is 5.01. The molecule has 2 fully saturated rings. The summed E-state index contributed by atoms with van der Waals surface area (Å²) in [5.41, 5.74) is 6.20. The number of halogens is 2. The van der Waals surface area contributed by atoms with Gasteiger partial charge in [-0.2, -0.15) is 4.98 Å². The second-order valence-corrected chi connectivity index (χ2v) is 9.15. The molecule has 3 aromatic rings. The lowest BCUT2D eigenvalue weighted by Gasteiger charge is -2.29. The van der Waals surface area contributed by atoms with Crippen LogP contribution in [0.25, 0.3) is 11.2 Å². The van der Waals surface area contributed by atoms with Crippen molar-refractivity contribution in [1.29, 1.82) is 0 Å². The molecule has 5 rings (SSSR count). The Hall–Kier alpha value is -3.34. The molecule has 2 heterocycles. The van der Waals surface area contributed by atoms with Crippen molar-refractivity contribution in [3.63, 3.8) is 0 Å². The molecule has 0 unspecified atom stereocenters. The van der Waals surface area contributed by atoms with Crippen LogP contribution >= 0.6 is 0 Å². The average molecular weight is 472 g/mol. The summed E-state index contributed by atoms with van der Waals surface area (Å²) in [5.74, 6) is -1.31. The molecule has 11 heteroatoms. The monoisotopic (exact) mass is 471 g/mol. The number of rotatable bonds is 6. The quantitative estimate of drug-likeness (QED) is 0.433. The number of aliphatic hydroxyl groups excluding tert-OH is 1. The van der Waals surface area contributed by atoms with E-state index in [2.05, 4.69) is 25.6 Å². The minimum absolute atomic E-state index is 0.0694. The molecule has 2 aliphatic rings. The molecule has 0 bridgehead atoms. The first-order valence-electron chi connectivity index (χ1n) is 11.6. The second kappa shape index (κ2) is 9.13. The van der Waals surface area contributed by atoms with Gasteiger partial charge in [0.25, 0.3) is 0 Å². The summed E-state index contributed by atoms with van der Waals surface area (Å²) in [6.45, 7) is 0. The van der Waals surface area contributed by atoms with Crippen LogP contribution in [-0.2, 0) is 4.79 Å². The van der Waals surface area contributed by atoms with Crippen LogP contribution in [0.1, 0.15) is 51.0 Å². The Morgan fingerprint density at radius 1 is 1.09 bits per heavy atom. The first-order chi connectivity index (χ1) is 16.4. The summed E-state index contributed by atoms with van der Waals surface area (Å²) in [6.07, 6.45) is 5.93. The number of aromatic nitrogens is 4. The van der Waals surface area contributed by atoms with E-state index in [1.807, 2.05) is 4.57 Å². The minimum atomic E-state index is -0.732. The Kier molecular flexibility index (Phi) is 6.03. The molecule has 2 aliphatic carbocycles. The van der Waals surface area contributed by atoms with Gasteiger partial charge in [0.2, 0.25) is 17.8 Å². The number of fused-ring (bicyclic) bond motifs is 1. The van der Waals surface area contributed by atoms with E-state index in [4.69, 9.17) is 5.73 Å². The Bertz CT molecular complexity index is 1190. The molecule has 2 atom stereocenters. The maximum absolute atomic E-state index is 14.4. The summed E-state index contributed by atoms with van der Waals surface area (Å²) >= 11 is 0. The molecular weight excluding hydrogens is 444 g/mol. The number of nitrogens with zero attached hydrogens (tertiary/aromatic N) is 4. The van der Waals surface area contributed by atoms with Crippen molar-refractivity contribution < 1.29 is 18.7 Å². The Morgan fingerprint density at radius 3 is 2.47 bits per heavy atom. The molecular formula is C23H27F2N7O2. The number of benzene rings is 1. The van der Waals surface area contributed by atoms with Crippen molar-refractivity contribution in [2.45, 2.75) is 63.1 Å². The van der Waals surface area contributed by atoms with Gasteiger partial charge in [-0.05, 0) is 57.1 Å². The van der Waals surface area contributed by atoms with Gasteiger partial charge in [-0.15, -0.1) is 0 Å². The molecule has 5 N–H and O–H groups in total. The molecule has 9 nitrogen and oxygen atoms in total. The standard InChI is InChI=1S/C23H27F2N7O2/c24-16-2-1-3-17(25)19(16)30-23-29-18-11-27-22(28-13-6-9-15(33)10-13)31-21(18)32(23)14-7-4-12(5-8-14)20(26)34/h1-3,11-15,33H,4-10H2,(H2,26,34)(H,29,30)(H,27,28,31)/t12?,13-,14?,15-/m1/s1. The van der Waals surface area contributed by atoms with E-state index >= 15 is 0 Å². The molecule has 2 aromatic heterocycles. The van der Waals surface area contributed by atoms with Crippen LogP contribution < -0.4 is 16.4 Å². The first-order valence-corrected chi connectivity index (χ1v) is 11.6. The lowest BCUT2D eigenvalue weighted by molar-refractivity contribution is -0.122. The van der Waals surface area contributed by atoms with Crippen LogP contribution in [0.3, 0.4) is 0 Å². The normalized spacial score (nSPS) is 24.9. The minimum Gasteiger partial charge on any atom is -0.393 e. The third-order valence-corrected chi connectivity index (χ3v) is 6.83. The molecule has 34 heavy (non-hydrogen) atoms. The highest BCUT2D eigenvalue weighted by Crippen LogP contribution is 2.37. The van der Waals surface area contributed by atoms with Crippen molar-refractivity contribution in [3.05, 3.63) is 36.0 Å². The van der Waals surface area contributed by atoms with Crippen molar-refractivity contribution in [1.82, 2.24) is 19.5 Å². The zero-order valence-electron chi connectivity index (χ0n) is 18.5. The van der Waals surface area contributed by atoms with Crippen LogP contribution in [0, 0.1) is 17.6 Å². The number of hydrogen-bond donors (Lipinski definition) is 4. The van der Waals surface area contributed by atoms with Gasteiger partial charge in [0.15, 0.2) is 5.65 Å². The zero-order chi connectivity index (χ0) is 23.8. The number of primary amides is 1. The van der Waals surface area contributed by atoms with E-state index in [9.17, 15) is 18.7 Å². The van der Waals surface area contributed by atoms with Crippen LogP contribution in [-0.4, -0.2) is 42.7 Å². The van der Waals surface area contributed by atoms with E-state index in [1.54, 1.807) is 6.20 Å². The average Bonchev–Trinajstić information content (AvgIpc) is 3.38. The maximum atomic E-state index is 14.4. The number of aliphatic hydroxyl groups is 1. The number of nitrogens with two attached hydrogens (primary N) is 1. The van der Waals surface area contributed by atoms with Crippen LogP contribution in [0.2, 0.25) is 0 Å². The van der Waals surface area contributed by atoms with Crippen molar-refractivity contribution >= 4 is 34.7 Å². The summed E-state index contributed by atoms with van der Waals surface area (Å²) in [6, 6.07) is 3.63.